The zero-order valence-electron chi connectivity index (χ0n) is 14.2. The summed E-state index contributed by atoms with van der Waals surface area (Å²) in [6.07, 6.45) is -11.4. The summed E-state index contributed by atoms with van der Waals surface area (Å²) in [7, 11) is 0. The number of hydrogen-bond acceptors (Lipinski definition) is 4. The van der Waals surface area contributed by atoms with E-state index in [1.807, 2.05) is 0 Å². The lowest BCUT2D eigenvalue weighted by Crippen LogP contribution is -2.61. The number of hydrogen-bond donors (Lipinski definition) is 1. The first-order chi connectivity index (χ1) is 11.6. The van der Waals surface area contributed by atoms with Crippen molar-refractivity contribution >= 4 is 5.97 Å². The van der Waals surface area contributed by atoms with Crippen molar-refractivity contribution in [3.05, 3.63) is 12.2 Å². The Balaban J connectivity index is 2.04. The third kappa shape index (κ3) is 3.58. The zero-order valence-corrected chi connectivity index (χ0v) is 14.2. The molecule has 0 saturated heterocycles. The molecular formula is C16H20F6O4. The molecule has 0 amide bonds. The Bertz CT molecular complexity index is 570. The fourth-order valence-electron chi connectivity index (χ4n) is 3.64. The van der Waals surface area contributed by atoms with Crippen molar-refractivity contribution < 1.29 is 45.7 Å². The smallest absolute Gasteiger partial charge is 0.428 e. The van der Waals surface area contributed by atoms with Crippen LogP contribution in [0.5, 0.6) is 0 Å². The van der Waals surface area contributed by atoms with Crippen LogP contribution in [0.2, 0.25) is 0 Å². The Labute approximate surface area is 146 Å². The van der Waals surface area contributed by atoms with E-state index in [9.17, 15) is 36.2 Å². The predicted octanol–water partition coefficient (Wildman–Crippen LogP) is 3.54. The Morgan fingerprint density at radius 2 is 1.73 bits per heavy atom. The van der Waals surface area contributed by atoms with Crippen LogP contribution >= 0.6 is 0 Å². The second-order valence-corrected chi connectivity index (χ2v) is 7.31. The van der Waals surface area contributed by atoms with Crippen LogP contribution in [-0.2, 0) is 14.3 Å². The highest BCUT2D eigenvalue weighted by Crippen LogP contribution is 2.54. The summed E-state index contributed by atoms with van der Waals surface area (Å²) in [5.74, 6) is -1.19. The van der Waals surface area contributed by atoms with Crippen LogP contribution in [0.3, 0.4) is 0 Å². The molecule has 2 saturated carbocycles. The molecule has 2 aliphatic carbocycles. The Kier molecular flexibility index (Phi) is 5.17. The average molecular weight is 390 g/mol. The standard InChI is InChI=1S/C16H20F6O4/c1-8(2)12(23)26-11-5-10-4-9(11)6-13(10,3)25-7-14(24,15(17,18)19)16(20,21)22/h9-11,24H,1,4-7H2,2-3H3. The first-order valence-corrected chi connectivity index (χ1v) is 7.97. The number of ether oxygens (including phenoxy) is 2. The van der Waals surface area contributed by atoms with Crippen molar-refractivity contribution in [1.29, 1.82) is 0 Å². The van der Waals surface area contributed by atoms with Gasteiger partial charge in [-0.1, -0.05) is 6.58 Å². The van der Waals surface area contributed by atoms with Crippen LogP contribution in [0, 0.1) is 11.8 Å². The minimum Gasteiger partial charge on any atom is -0.459 e. The van der Waals surface area contributed by atoms with E-state index in [4.69, 9.17) is 9.47 Å². The molecule has 2 rings (SSSR count). The van der Waals surface area contributed by atoms with E-state index in [0.717, 1.165) is 0 Å². The molecule has 2 bridgehead atoms. The van der Waals surface area contributed by atoms with Crippen molar-refractivity contribution in [1.82, 2.24) is 0 Å². The van der Waals surface area contributed by atoms with Gasteiger partial charge in [0.2, 0.25) is 0 Å². The summed E-state index contributed by atoms with van der Waals surface area (Å²) in [5, 5.41) is 9.21. The molecular weight excluding hydrogens is 370 g/mol. The lowest BCUT2D eigenvalue weighted by molar-refractivity contribution is -0.383. The molecule has 0 spiro atoms. The maximum absolute atomic E-state index is 12.8. The van der Waals surface area contributed by atoms with Crippen LogP contribution in [0.4, 0.5) is 26.3 Å². The van der Waals surface area contributed by atoms with Gasteiger partial charge in [0.15, 0.2) is 0 Å². The molecule has 4 atom stereocenters. The van der Waals surface area contributed by atoms with Gasteiger partial charge < -0.3 is 14.6 Å². The number of alkyl halides is 6. The SMILES string of the molecule is C=C(C)C(=O)OC1CC2CC1CC2(C)OCC(O)(C(F)(F)F)C(F)(F)F. The second-order valence-electron chi connectivity index (χ2n) is 7.31. The number of carbonyl (C=O) groups excluding carboxylic acids is 1. The second kappa shape index (κ2) is 6.40. The topological polar surface area (TPSA) is 55.8 Å². The third-order valence-corrected chi connectivity index (χ3v) is 5.32. The normalized spacial score (nSPS) is 32.0. The molecule has 150 valence electrons. The molecule has 1 N–H and O–H groups in total. The summed E-state index contributed by atoms with van der Waals surface area (Å²) >= 11 is 0. The number of fused-ring (bicyclic) bond motifs is 2. The Morgan fingerprint density at radius 1 is 1.19 bits per heavy atom. The van der Waals surface area contributed by atoms with E-state index < -0.39 is 42.2 Å². The number of rotatable bonds is 5. The van der Waals surface area contributed by atoms with E-state index in [-0.39, 0.29) is 30.3 Å². The number of halogens is 6. The molecule has 2 aliphatic rings. The van der Waals surface area contributed by atoms with Gasteiger partial charge in [0.1, 0.15) is 6.10 Å². The molecule has 0 aromatic heterocycles. The van der Waals surface area contributed by atoms with Crippen LogP contribution in [0.15, 0.2) is 12.2 Å². The summed E-state index contributed by atoms with van der Waals surface area (Å²) in [6.45, 7) is 4.40. The zero-order chi connectivity index (χ0) is 20.1. The van der Waals surface area contributed by atoms with E-state index in [2.05, 4.69) is 6.58 Å². The molecule has 4 unspecified atom stereocenters. The average Bonchev–Trinajstić information content (AvgIpc) is 2.99. The van der Waals surface area contributed by atoms with Crippen LogP contribution in [-0.4, -0.2) is 47.3 Å². The summed E-state index contributed by atoms with van der Waals surface area (Å²) in [5.41, 5.74) is -6.00. The highest BCUT2D eigenvalue weighted by atomic mass is 19.4. The van der Waals surface area contributed by atoms with Crippen molar-refractivity contribution in [2.24, 2.45) is 11.8 Å². The van der Waals surface area contributed by atoms with Gasteiger partial charge in [-0.05, 0) is 44.9 Å². The van der Waals surface area contributed by atoms with Crippen molar-refractivity contribution in [3.63, 3.8) is 0 Å². The maximum Gasteiger partial charge on any atom is 0.428 e. The van der Waals surface area contributed by atoms with Crippen LogP contribution in [0.25, 0.3) is 0 Å². The summed E-state index contributed by atoms with van der Waals surface area (Å²) in [4.78, 5) is 11.6. The lowest BCUT2D eigenvalue weighted by Gasteiger charge is -2.40. The van der Waals surface area contributed by atoms with E-state index >= 15 is 0 Å². The van der Waals surface area contributed by atoms with Gasteiger partial charge in [-0.15, -0.1) is 0 Å². The van der Waals surface area contributed by atoms with Gasteiger partial charge in [-0.25, -0.2) is 4.79 Å². The molecule has 0 aromatic rings. The molecule has 0 aliphatic heterocycles. The van der Waals surface area contributed by atoms with Crippen molar-refractivity contribution in [2.75, 3.05) is 6.61 Å². The highest BCUT2D eigenvalue weighted by molar-refractivity contribution is 5.87. The minimum atomic E-state index is -5.92. The molecule has 26 heavy (non-hydrogen) atoms. The monoisotopic (exact) mass is 390 g/mol. The van der Waals surface area contributed by atoms with Gasteiger partial charge in [-0.3, -0.25) is 0 Å². The number of carbonyl (C=O) groups is 1. The molecule has 0 radical (unpaired) electrons. The van der Waals surface area contributed by atoms with Crippen molar-refractivity contribution in [3.8, 4) is 0 Å². The summed E-state index contributed by atoms with van der Waals surface area (Å²) in [6, 6.07) is 0. The molecule has 2 fully saturated rings. The lowest BCUT2D eigenvalue weighted by atomic mass is 9.84. The van der Waals surface area contributed by atoms with E-state index in [0.29, 0.717) is 6.42 Å². The van der Waals surface area contributed by atoms with E-state index in [1.165, 1.54) is 13.8 Å². The maximum atomic E-state index is 12.8. The predicted molar refractivity (Wildman–Crippen MR) is 76.9 cm³/mol. The van der Waals surface area contributed by atoms with Crippen LogP contribution < -0.4 is 0 Å². The van der Waals surface area contributed by atoms with Gasteiger partial charge in [0.05, 0.1) is 12.2 Å². The summed E-state index contributed by atoms with van der Waals surface area (Å²) < 4.78 is 86.8. The quantitative estimate of drug-likeness (QED) is 0.443. The molecule has 10 heteroatoms. The Hall–Kier alpha value is -1.29. The number of esters is 1. The third-order valence-electron chi connectivity index (χ3n) is 5.32. The largest absolute Gasteiger partial charge is 0.459 e. The Morgan fingerprint density at radius 3 is 2.12 bits per heavy atom. The molecule has 0 heterocycles. The molecule has 4 nitrogen and oxygen atoms in total. The van der Waals surface area contributed by atoms with Gasteiger partial charge in [0, 0.05) is 5.57 Å². The van der Waals surface area contributed by atoms with E-state index in [1.54, 1.807) is 0 Å². The van der Waals surface area contributed by atoms with Crippen molar-refractivity contribution in [2.45, 2.75) is 62.8 Å². The number of aliphatic hydroxyl groups is 1. The minimum absolute atomic E-state index is 0.137. The highest BCUT2D eigenvalue weighted by Gasteiger charge is 2.71. The first kappa shape index (κ1) is 21.0. The fraction of sp³-hybridized carbons (Fsp3) is 0.812. The molecule has 0 aromatic carbocycles. The van der Waals surface area contributed by atoms with Gasteiger partial charge in [-0.2, -0.15) is 26.3 Å². The fourth-order valence-corrected chi connectivity index (χ4v) is 3.64. The first-order valence-electron chi connectivity index (χ1n) is 7.97. The van der Waals surface area contributed by atoms with Gasteiger partial charge in [0.25, 0.3) is 5.60 Å². The van der Waals surface area contributed by atoms with Gasteiger partial charge >= 0.3 is 18.3 Å². The van der Waals surface area contributed by atoms with Crippen LogP contribution in [0.1, 0.15) is 33.1 Å².